The lowest BCUT2D eigenvalue weighted by atomic mass is 9.97. The third-order valence-electron chi connectivity index (χ3n) is 3.82. The SMILES string of the molecule is CSC1O[C@H](CO)[C@H](O)[C@H](n2cc(-c3ccccn3)nn2)[C@H]1O. The minimum absolute atomic E-state index is 0.344. The summed E-state index contributed by atoms with van der Waals surface area (Å²) in [7, 11) is 0. The molecule has 8 nitrogen and oxygen atoms in total. The molecule has 0 amide bonds. The van der Waals surface area contributed by atoms with Crippen LogP contribution in [0.4, 0.5) is 0 Å². The first-order valence-corrected chi connectivity index (χ1v) is 8.43. The van der Waals surface area contributed by atoms with Crippen LogP contribution in [0.1, 0.15) is 6.04 Å². The maximum absolute atomic E-state index is 10.5. The molecule has 2 aromatic rings. The number of nitrogens with zero attached hydrogens (tertiary/aromatic N) is 4. The minimum atomic E-state index is -1.10. The van der Waals surface area contributed by atoms with E-state index in [2.05, 4.69) is 15.3 Å². The summed E-state index contributed by atoms with van der Waals surface area (Å²) in [5, 5.41) is 38.3. The summed E-state index contributed by atoms with van der Waals surface area (Å²) < 4.78 is 6.90. The third kappa shape index (κ3) is 3.10. The fourth-order valence-electron chi connectivity index (χ4n) is 2.63. The molecule has 0 bridgehead atoms. The first kappa shape index (κ1) is 16.3. The van der Waals surface area contributed by atoms with Gasteiger partial charge in [0.1, 0.15) is 35.5 Å². The molecule has 2 aromatic heterocycles. The summed E-state index contributed by atoms with van der Waals surface area (Å²) in [6.45, 7) is -0.344. The molecule has 1 saturated heterocycles. The van der Waals surface area contributed by atoms with E-state index in [1.54, 1.807) is 30.8 Å². The third-order valence-corrected chi connectivity index (χ3v) is 4.68. The van der Waals surface area contributed by atoms with Gasteiger partial charge >= 0.3 is 0 Å². The van der Waals surface area contributed by atoms with Gasteiger partial charge in [0.15, 0.2) is 0 Å². The van der Waals surface area contributed by atoms with E-state index in [1.165, 1.54) is 16.4 Å². The molecule has 9 heteroatoms. The number of ether oxygens (including phenoxy) is 1. The summed E-state index contributed by atoms with van der Waals surface area (Å²) in [6.07, 6.45) is 2.19. The zero-order valence-electron chi connectivity index (χ0n) is 12.4. The van der Waals surface area contributed by atoms with Crippen LogP contribution in [0.3, 0.4) is 0 Å². The molecule has 1 aliphatic heterocycles. The molecule has 0 saturated carbocycles. The van der Waals surface area contributed by atoms with Crippen molar-refractivity contribution < 1.29 is 20.1 Å². The van der Waals surface area contributed by atoms with Crippen molar-refractivity contribution >= 4 is 11.8 Å². The molecule has 1 fully saturated rings. The van der Waals surface area contributed by atoms with Gasteiger partial charge in [-0.05, 0) is 18.4 Å². The van der Waals surface area contributed by atoms with Gasteiger partial charge in [0, 0.05) is 6.20 Å². The molecule has 1 unspecified atom stereocenters. The van der Waals surface area contributed by atoms with Crippen LogP contribution in [-0.4, -0.2) is 71.9 Å². The van der Waals surface area contributed by atoms with Crippen molar-refractivity contribution in [2.75, 3.05) is 12.9 Å². The van der Waals surface area contributed by atoms with Crippen LogP contribution in [0, 0.1) is 0 Å². The van der Waals surface area contributed by atoms with Gasteiger partial charge in [-0.25, -0.2) is 4.68 Å². The number of hydrogen-bond acceptors (Lipinski definition) is 8. The molecular weight excluding hydrogens is 320 g/mol. The Kier molecular flexibility index (Phi) is 4.93. The van der Waals surface area contributed by atoms with Gasteiger partial charge in [0.05, 0.1) is 18.5 Å². The number of thioether (sulfide) groups is 1. The highest BCUT2D eigenvalue weighted by Gasteiger charge is 2.45. The lowest BCUT2D eigenvalue weighted by molar-refractivity contribution is -0.178. The van der Waals surface area contributed by atoms with Crippen molar-refractivity contribution in [3.63, 3.8) is 0 Å². The van der Waals surface area contributed by atoms with Crippen molar-refractivity contribution in [3.8, 4) is 11.4 Å². The van der Waals surface area contributed by atoms with Crippen molar-refractivity contribution in [1.29, 1.82) is 0 Å². The van der Waals surface area contributed by atoms with Crippen LogP contribution in [0.25, 0.3) is 11.4 Å². The molecule has 23 heavy (non-hydrogen) atoms. The Balaban J connectivity index is 1.91. The number of aliphatic hydroxyl groups excluding tert-OH is 3. The zero-order valence-corrected chi connectivity index (χ0v) is 13.2. The maximum atomic E-state index is 10.5. The summed E-state index contributed by atoms with van der Waals surface area (Å²) in [4.78, 5) is 4.20. The van der Waals surface area contributed by atoms with Gasteiger partial charge in [0.2, 0.25) is 0 Å². The van der Waals surface area contributed by atoms with Crippen LogP contribution in [0.2, 0.25) is 0 Å². The Bertz CT molecular complexity index is 625. The highest BCUT2D eigenvalue weighted by atomic mass is 32.2. The molecule has 0 aromatic carbocycles. The molecule has 0 radical (unpaired) electrons. The Labute approximate surface area is 137 Å². The number of aromatic nitrogens is 4. The summed E-state index contributed by atoms with van der Waals surface area (Å²) in [5.41, 5.74) is 0.621. The number of pyridine rings is 1. The van der Waals surface area contributed by atoms with E-state index in [-0.39, 0.29) is 6.61 Å². The molecule has 1 aliphatic rings. The molecular formula is C14H18N4O4S. The van der Waals surface area contributed by atoms with Crippen LogP contribution >= 0.6 is 11.8 Å². The smallest absolute Gasteiger partial charge is 0.131 e. The van der Waals surface area contributed by atoms with Crippen LogP contribution < -0.4 is 0 Å². The van der Waals surface area contributed by atoms with E-state index in [4.69, 9.17) is 4.74 Å². The fraction of sp³-hybridized carbons (Fsp3) is 0.500. The second-order valence-electron chi connectivity index (χ2n) is 5.23. The van der Waals surface area contributed by atoms with E-state index in [1.807, 2.05) is 6.07 Å². The second-order valence-corrected chi connectivity index (χ2v) is 6.17. The van der Waals surface area contributed by atoms with E-state index in [9.17, 15) is 15.3 Å². The van der Waals surface area contributed by atoms with Gasteiger partial charge in [-0.1, -0.05) is 11.3 Å². The standard InChI is InChI=1S/C14H18N4O4S/c1-23-14-13(21)11(12(20)10(7-19)22-14)18-6-9(16-17-18)8-4-2-3-5-15-8/h2-6,10-14,19-21H,7H2,1H3/t10-,11+,12+,13-,14?/m1/s1. The predicted octanol–water partition coefficient (Wildman–Crippen LogP) is -0.317. The topological polar surface area (TPSA) is 114 Å². The molecule has 124 valence electrons. The number of aliphatic hydroxyl groups is 3. The highest BCUT2D eigenvalue weighted by Crippen LogP contribution is 2.34. The van der Waals surface area contributed by atoms with Gasteiger partial charge in [-0.3, -0.25) is 4.98 Å². The molecule has 3 N–H and O–H groups in total. The second kappa shape index (κ2) is 6.93. The van der Waals surface area contributed by atoms with Crippen molar-refractivity contribution in [1.82, 2.24) is 20.0 Å². The Morgan fingerprint density at radius 1 is 1.26 bits per heavy atom. The van der Waals surface area contributed by atoms with Crippen LogP contribution in [0.15, 0.2) is 30.6 Å². The van der Waals surface area contributed by atoms with E-state index in [0.717, 1.165) is 0 Å². The van der Waals surface area contributed by atoms with Gasteiger partial charge in [-0.2, -0.15) is 0 Å². The van der Waals surface area contributed by atoms with Crippen molar-refractivity contribution in [2.24, 2.45) is 0 Å². The van der Waals surface area contributed by atoms with Gasteiger partial charge in [0.25, 0.3) is 0 Å². The monoisotopic (exact) mass is 338 g/mol. The first-order chi connectivity index (χ1) is 11.2. The van der Waals surface area contributed by atoms with E-state index >= 15 is 0 Å². The van der Waals surface area contributed by atoms with Crippen molar-refractivity contribution in [2.45, 2.75) is 29.8 Å². The number of rotatable bonds is 4. The molecule has 3 rings (SSSR count). The molecule has 3 heterocycles. The molecule has 0 spiro atoms. The minimum Gasteiger partial charge on any atom is -0.394 e. The average molecular weight is 338 g/mol. The Hall–Kier alpha value is -1.52. The van der Waals surface area contributed by atoms with Crippen molar-refractivity contribution in [3.05, 3.63) is 30.6 Å². The quantitative estimate of drug-likeness (QED) is 0.695. The summed E-state index contributed by atoms with van der Waals surface area (Å²) >= 11 is 1.31. The lowest BCUT2D eigenvalue weighted by Crippen LogP contribution is -2.54. The summed E-state index contributed by atoms with van der Waals surface area (Å²) in [5.74, 6) is 0. The van der Waals surface area contributed by atoms with Gasteiger partial charge in [-0.15, -0.1) is 16.9 Å². The molecule has 0 aliphatic carbocycles. The predicted molar refractivity (Wildman–Crippen MR) is 83.6 cm³/mol. The van der Waals surface area contributed by atoms with Gasteiger partial charge < -0.3 is 20.1 Å². The van der Waals surface area contributed by atoms with Crippen LogP contribution in [0.5, 0.6) is 0 Å². The normalized spacial score (nSPS) is 31.2. The van der Waals surface area contributed by atoms with E-state index < -0.39 is 29.8 Å². The number of hydrogen-bond donors (Lipinski definition) is 3. The maximum Gasteiger partial charge on any atom is 0.131 e. The average Bonchev–Trinajstić information content (AvgIpc) is 3.06. The largest absolute Gasteiger partial charge is 0.394 e. The lowest BCUT2D eigenvalue weighted by Gasteiger charge is -2.41. The highest BCUT2D eigenvalue weighted by molar-refractivity contribution is 7.99. The zero-order chi connectivity index (χ0) is 16.4. The Morgan fingerprint density at radius 3 is 2.74 bits per heavy atom. The van der Waals surface area contributed by atoms with Crippen LogP contribution in [-0.2, 0) is 4.74 Å². The van der Waals surface area contributed by atoms with E-state index in [0.29, 0.717) is 11.4 Å². The first-order valence-electron chi connectivity index (χ1n) is 7.14. The summed E-state index contributed by atoms with van der Waals surface area (Å²) in [6, 6.07) is 4.68. The Morgan fingerprint density at radius 2 is 2.09 bits per heavy atom. The molecule has 5 atom stereocenters. The fourth-order valence-corrected chi connectivity index (χ4v) is 3.32.